The van der Waals surface area contributed by atoms with Crippen LogP contribution >= 0.6 is 0 Å². The molecule has 0 amide bonds. The lowest BCUT2D eigenvalue weighted by molar-refractivity contribution is -0.389. The van der Waals surface area contributed by atoms with E-state index in [0.29, 0.717) is 17.0 Å². The highest BCUT2D eigenvalue weighted by atomic mass is 16.6. The van der Waals surface area contributed by atoms with Crippen molar-refractivity contribution < 1.29 is 14.8 Å². The third-order valence-corrected chi connectivity index (χ3v) is 3.00. The van der Waals surface area contributed by atoms with Gasteiger partial charge in [-0.1, -0.05) is 0 Å². The van der Waals surface area contributed by atoms with Crippen LogP contribution in [-0.2, 0) is 0 Å². The van der Waals surface area contributed by atoms with E-state index in [9.17, 15) is 20.0 Å². The molecule has 0 aliphatic carbocycles. The molecule has 0 saturated heterocycles. The van der Waals surface area contributed by atoms with Crippen molar-refractivity contribution in [2.75, 3.05) is 0 Å². The predicted octanol–water partition coefficient (Wildman–Crippen LogP) is 1.83. The van der Waals surface area contributed by atoms with Crippen LogP contribution in [0.25, 0.3) is 0 Å². The van der Waals surface area contributed by atoms with Crippen molar-refractivity contribution in [3.8, 4) is 0 Å². The van der Waals surface area contributed by atoms with Crippen LogP contribution in [0.3, 0.4) is 0 Å². The number of nitrogens with one attached hydrogen (secondary N) is 1. The lowest BCUT2D eigenvalue weighted by Crippen LogP contribution is -2.09. The summed E-state index contributed by atoms with van der Waals surface area (Å²) >= 11 is 0. The van der Waals surface area contributed by atoms with Crippen molar-refractivity contribution in [3.05, 3.63) is 63.1 Å². The zero-order valence-corrected chi connectivity index (χ0v) is 10.5. The Balaban J connectivity index is 2.15. The first-order chi connectivity index (χ1) is 10.1. The second-order valence-electron chi connectivity index (χ2n) is 4.24. The maximum absolute atomic E-state index is 11.3. The van der Waals surface area contributed by atoms with Crippen LogP contribution in [0.2, 0.25) is 0 Å². The van der Waals surface area contributed by atoms with Crippen LogP contribution in [0.1, 0.15) is 16.1 Å². The van der Waals surface area contributed by atoms with Gasteiger partial charge in [-0.3, -0.25) is 9.98 Å². The molecule has 0 bridgehead atoms. The molecular formula is C13H8N4O4. The van der Waals surface area contributed by atoms with Gasteiger partial charge in [-0.15, -0.1) is 0 Å². The fourth-order valence-corrected chi connectivity index (χ4v) is 2.09. The largest absolute Gasteiger partial charge is 0.478 e. The first-order valence-corrected chi connectivity index (χ1v) is 5.88. The van der Waals surface area contributed by atoms with Gasteiger partial charge in [0.2, 0.25) is 0 Å². The predicted molar refractivity (Wildman–Crippen MR) is 74.7 cm³/mol. The Hall–Kier alpha value is -3.29. The highest BCUT2D eigenvalue weighted by molar-refractivity contribution is 6.20. The molecule has 0 unspecified atom stereocenters. The number of aromatic nitrogens is 1. The molecule has 3 heterocycles. The molecule has 0 radical (unpaired) electrons. The summed E-state index contributed by atoms with van der Waals surface area (Å²) in [6.07, 6.45) is 8.26. The van der Waals surface area contributed by atoms with Crippen LogP contribution < -0.4 is 0 Å². The van der Waals surface area contributed by atoms with E-state index in [2.05, 4.69) is 15.0 Å². The monoisotopic (exact) mass is 284 g/mol. The summed E-state index contributed by atoms with van der Waals surface area (Å²) in [5.74, 6) is -1.66. The standard InChI is InChI=1S/C13H8N4O4/c18-13(19)8-6-10(17(20)21)16-12(8)11-7(3-5-15-11)9-2-1-4-14-9/h1-6,16H,(H,18,19). The number of hydrogen-bond donors (Lipinski definition) is 2. The summed E-state index contributed by atoms with van der Waals surface area (Å²) in [5, 5.41) is 20.0. The molecule has 0 aromatic carbocycles. The molecule has 3 rings (SSSR count). The number of nitrogens with zero attached hydrogens (tertiary/aromatic N) is 3. The molecule has 2 aliphatic rings. The molecule has 0 atom stereocenters. The van der Waals surface area contributed by atoms with Gasteiger partial charge < -0.3 is 15.2 Å². The van der Waals surface area contributed by atoms with Crippen LogP contribution in [0, 0.1) is 10.1 Å². The van der Waals surface area contributed by atoms with Crippen LogP contribution in [0.4, 0.5) is 5.82 Å². The number of rotatable bonds is 3. The Morgan fingerprint density at radius 2 is 2.19 bits per heavy atom. The van der Waals surface area contributed by atoms with Gasteiger partial charge in [-0.25, -0.2) is 9.78 Å². The SMILES string of the molecule is O=C(O)c1cc([N+](=O)[O-])[nH]c1C1=NC=CC1=C1C=CC=N1. The number of aromatic amines is 1. The van der Waals surface area contributed by atoms with E-state index in [1.165, 1.54) is 6.20 Å². The van der Waals surface area contributed by atoms with Crippen molar-refractivity contribution >= 4 is 23.7 Å². The van der Waals surface area contributed by atoms with E-state index < -0.39 is 16.7 Å². The molecule has 8 heteroatoms. The summed E-state index contributed by atoms with van der Waals surface area (Å²) in [7, 11) is 0. The van der Waals surface area contributed by atoms with Gasteiger partial charge in [0.25, 0.3) is 0 Å². The number of H-pyrrole nitrogens is 1. The topological polar surface area (TPSA) is 121 Å². The maximum atomic E-state index is 11.3. The highest BCUT2D eigenvalue weighted by Gasteiger charge is 2.28. The summed E-state index contributed by atoms with van der Waals surface area (Å²) in [4.78, 5) is 32.1. The van der Waals surface area contributed by atoms with Crippen molar-refractivity contribution in [2.24, 2.45) is 9.98 Å². The van der Waals surface area contributed by atoms with Gasteiger partial charge in [0, 0.05) is 18.0 Å². The minimum atomic E-state index is -1.27. The molecule has 1 aromatic heterocycles. The molecule has 21 heavy (non-hydrogen) atoms. The number of carbonyl (C=O) groups is 1. The van der Waals surface area contributed by atoms with Gasteiger partial charge in [0.05, 0.1) is 11.8 Å². The first-order valence-electron chi connectivity index (χ1n) is 5.88. The number of aliphatic imine (C=N–C) groups is 2. The molecule has 0 saturated carbocycles. The Bertz CT molecular complexity index is 794. The van der Waals surface area contributed by atoms with Crippen LogP contribution in [0.5, 0.6) is 0 Å². The maximum Gasteiger partial charge on any atom is 0.340 e. The van der Waals surface area contributed by atoms with Crippen LogP contribution in [0.15, 0.2) is 51.7 Å². The second-order valence-corrected chi connectivity index (χ2v) is 4.24. The minimum absolute atomic E-state index is 0.0946. The number of carboxylic acid groups (broad SMARTS) is 1. The summed E-state index contributed by atoms with van der Waals surface area (Å²) in [6.45, 7) is 0. The quantitative estimate of drug-likeness (QED) is 0.649. The molecule has 8 nitrogen and oxygen atoms in total. The average Bonchev–Trinajstić information content (AvgIpc) is 3.17. The number of carboxylic acids is 1. The molecule has 0 fully saturated rings. The number of hydrogen-bond acceptors (Lipinski definition) is 5. The number of nitro groups is 1. The van der Waals surface area contributed by atoms with Crippen molar-refractivity contribution in [1.82, 2.24) is 4.98 Å². The first kappa shape index (κ1) is 12.7. The Labute approximate surface area is 117 Å². The van der Waals surface area contributed by atoms with E-state index in [4.69, 9.17) is 0 Å². The summed E-state index contributed by atoms with van der Waals surface area (Å²) < 4.78 is 0. The third-order valence-electron chi connectivity index (χ3n) is 3.00. The van der Waals surface area contributed by atoms with E-state index in [0.717, 1.165) is 6.07 Å². The van der Waals surface area contributed by atoms with Crippen molar-refractivity contribution in [1.29, 1.82) is 0 Å². The number of aromatic carboxylic acids is 1. The van der Waals surface area contributed by atoms with E-state index in [1.54, 1.807) is 24.4 Å². The fraction of sp³-hybridized carbons (Fsp3) is 0. The highest BCUT2D eigenvalue weighted by Crippen LogP contribution is 2.26. The normalized spacial score (nSPS) is 19.3. The lowest BCUT2D eigenvalue weighted by Gasteiger charge is -2.02. The molecular weight excluding hydrogens is 276 g/mol. The molecule has 2 aliphatic heterocycles. The van der Waals surface area contributed by atoms with Gasteiger partial charge in [-0.2, -0.15) is 0 Å². The molecule has 0 spiro atoms. The van der Waals surface area contributed by atoms with Gasteiger partial charge in [0.1, 0.15) is 11.3 Å². The molecule has 1 aromatic rings. The smallest absolute Gasteiger partial charge is 0.340 e. The third kappa shape index (κ3) is 2.08. The fourth-order valence-electron chi connectivity index (χ4n) is 2.09. The Morgan fingerprint density at radius 3 is 2.81 bits per heavy atom. The van der Waals surface area contributed by atoms with Gasteiger partial charge in [0.15, 0.2) is 5.69 Å². The zero-order chi connectivity index (χ0) is 15.0. The Kier molecular flexibility index (Phi) is 2.83. The van der Waals surface area contributed by atoms with Gasteiger partial charge in [-0.05, 0) is 23.2 Å². The average molecular weight is 284 g/mol. The minimum Gasteiger partial charge on any atom is -0.478 e. The Morgan fingerprint density at radius 1 is 1.38 bits per heavy atom. The zero-order valence-electron chi connectivity index (χ0n) is 10.5. The van der Waals surface area contributed by atoms with E-state index in [1.807, 2.05) is 0 Å². The van der Waals surface area contributed by atoms with Crippen molar-refractivity contribution in [2.45, 2.75) is 0 Å². The lowest BCUT2D eigenvalue weighted by atomic mass is 10.0. The van der Waals surface area contributed by atoms with E-state index in [-0.39, 0.29) is 11.3 Å². The molecule has 2 N–H and O–H groups in total. The summed E-state index contributed by atoms with van der Waals surface area (Å²) in [6, 6.07) is 0.981. The van der Waals surface area contributed by atoms with Gasteiger partial charge >= 0.3 is 11.8 Å². The molecule has 104 valence electrons. The van der Waals surface area contributed by atoms with E-state index >= 15 is 0 Å². The number of allylic oxidation sites excluding steroid dienone is 4. The van der Waals surface area contributed by atoms with Crippen LogP contribution in [-0.4, -0.2) is 32.9 Å². The second kappa shape index (κ2) is 4.67. The summed E-state index contributed by atoms with van der Waals surface area (Å²) in [5.41, 5.74) is 1.44. The van der Waals surface area contributed by atoms with Crippen molar-refractivity contribution in [3.63, 3.8) is 0 Å².